The second kappa shape index (κ2) is 12.0. The average molecular weight is 485 g/mol. The maximum Gasteiger partial charge on any atom is 0.410 e. The van der Waals surface area contributed by atoms with E-state index in [1.54, 1.807) is 4.90 Å². The van der Waals surface area contributed by atoms with E-state index in [9.17, 15) is 9.59 Å². The number of fused-ring (bicyclic) bond motifs is 1. The number of hydrogen-bond acceptors (Lipinski definition) is 7. The molecule has 2 amide bonds. The van der Waals surface area contributed by atoms with Crippen LogP contribution in [-0.4, -0.2) is 95.5 Å². The van der Waals surface area contributed by atoms with Crippen molar-refractivity contribution in [2.45, 2.75) is 38.8 Å². The summed E-state index contributed by atoms with van der Waals surface area (Å²) in [7, 11) is 1.92. The van der Waals surface area contributed by atoms with Gasteiger partial charge in [-0.05, 0) is 32.9 Å². The van der Waals surface area contributed by atoms with E-state index in [0.29, 0.717) is 32.6 Å². The van der Waals surface area contributed by atoms with Gasteiger partial charge >= 0.3 is 6.09 Å². The molecule has 32 heavy (non-hydrogen) atoms. The third-order valence-electron chi connectivity index (χ3n) is 5.34. The molecule has 10 heteroatoms. The largest absolute Gasteiger partial charge is 0.444 e. The van der Waals surface area contributed by atoms with Crippen LogP contribution in [0.25, 0.3) is 0 Å². The molecular formula is C22H36N4O4S2. The van der Waals surface area contributed by atoms with Gasteiger partial charge in [-0.2, -0.15) is 13.5 Å². The monoisotopic (exact) mass is 484 g/mol. The summed E-state index contributed by atoms with van der Waals surface area (Å²) in [5.74, 6) is 0.926. The van der Waals surface area contributed by atoms with E-state index in [1.807, 2.05) is 67.4 Å². The fourth-order valence-corrected chi connectivity index (χ4v) is 4.20. The highest BCUT2D eigenvalue weighted by molar-refractivity contribution is 7.92. The van der Waals surface area contributed by atoms with Gasteiger partial charge in [0.1, 0.15) is 23.6 Å². The molecule has 1 aromatic rings. The fraction of sp³-hybridized carbons (Fsp3) is 0.636. The Bertz CT molecular complexity index is 747. The molecule has 0 aliphatic carbocycles. The number of amides is 2. The molecule has 1 atom stereocenters. The molecule has 2 heterocycles. The maximum atomic E-state index is 12.8. The lowest BCUT2D eigenvalue weighted by Crippen LogP contribution is -2.63. The Hall–Kier alpha value is -1.62. The molecular weight excluding hydrogens is 448 g/mol. The van der Waals surface area contributed by atoms with Crippen LogP contribution in [0.2, 0.25) is 0 Å². The van der Waals surface area contributed by atoms with Crippen molar-refractivity contribution >= 4 is 37.7 Å². The number of benzene rings is 1. The van der Waals surface area contributed by atoms with Gasteiger partial charge in [0.25, 0.3) is 0 Å². The van der Waals surface area contributed by atoms with E-state index < -0.39 is 5.60 Å². The zero-order chi connectivity index (χ0) is 22.4. The highest BCUT2D eigenvalue weighted by Crippen LogP contribution is 2.20. The Kier molecular flexibility index (Phi) is 10.00. The first-order valence-corrected chi connectivity index (χ1v) is 11.5. The second-order valence-electron chi connectivity index (χ2n) is 9.03. The van der Waals surface area contributed by atoms with Crippen molar-refractivity contribution in [3.63, 3.8) is 0 Å². The van der Waals surface area contributed by atoms with Crippen LogP contribution < -0.4 is 4.18 Å². The van der Waals surface area contributed by atoms with Gasteiger partial charge in [0.2, 0.25) is 5.91 Å². The van der Waals surface area contributed by atoms with Gasteiger partial charge in [-0.1, -0.05) is 18.2 Å². The third kappa shape index (κ3) is 8.06. The van der Waals surface area contributed by atoms with Crippen LogP contribution in [0.4, 0.5) is 4.79 Å². The van der Waals surface area contributed by atoms with Gasteiger partial charge in [0.15, 0.2) is 0 Å². The van der Waals surface area contributed by atoms with Crippen molar-refractivity contribution in [2.75, 3.05) is 52.9 Å². The average Bonchev–Trinajstić information content (AvgIpc) is 2.74. The van der Waals surface area contributed by atoms with E-state index in [2.05, 4.69) is 4.90 Å². The minimum Gasteiger partial charge on any atom is -0.444 e. The first-order valence-electron chi connectivity index (χ1n) is 10.8. The third-order valence-corrected chi connectivity index (χ3v) is 6.05. The van der Waals surface area contributed by atoms with Gasteiger partial charge in [-0.3, -0.25) is 9.69 Å². The molecule has 2 saturated heterocycles. The molecule has 0 saturated carbocycles. The summed E-state index contributed by atoms with van der Waals surface area (Å²) in [6, 6.07) is 9.75. The summed E-state index contributed by atoms with van der Waals surface area (Å²) in [5, 5.41) is 0. The lowest BCUT2D eigenvalue weighted by atomic mass is 10.1. The fourth-order valence-electron chi connectivity index (χ4n) is 3.71. The Balaban J connectivity index is 0.00000363. The van der Waals surface area contributed by atoms with Crippen LogP contribution in [0.1, 0.15) is 27.2 Å². The molecule has 0 bridgehead atoms. The molecule has 0 aromatic heterocycles. The number of ether oxygens (including phenoxy) is 1. The van der Waals surface area contributed by atoms with E-state index in [4.69, 9.17) is 8.92 Å². The minimum atomic E-state index is -0.503. The number of para-hydroxylation sites is 1. The van der Waals surface area contributed by atoms with Crippen LogP contribution >= 0.6 is 25.7 Å². The van der Waals surface area contributed by atoms with Gasteiger partial charge in [-0.15, -0.1) is 0 Å². The molecule has 180 valence electrons. The highest BCUT2D eigenvalue weighted by atomic mass is 32.2. The summed E-state index contributed by atoms with van der Waals surface area (Å²) in [4.78, 5) is 31.3. The van der Waals surface area contributed by atoms with E-state index in [1.165, 1.54) is 12.2 Å². The Labute approximate surface area is 203 Å². The predicted octanol–water partition coefficient (Wildman–Crippen LogP) is 2.83. The van der Waals surface area contributed by atoms with Gasteiger partial charge in [0.05, 0.1) is 0 Å². The summed E-state index contributed by atoms with van der Waals surface area (Å²) >= 11 is 1.24. The number of carbonyl (C=O) groups excluding carboxylic acids is 2. The van der Waals surface area contributed by atoms with Crippen molar-refractivity contribution in [1.82, 2.24) is 19.0 Å². The number of hydrogen-bond donors (Lipinski definition) is 0. The summed E-state index contributed by atoms with van der Waals surface area (Å²) in [5.41, 5.74) is -0.503. The highest BCUT2D eigenvalue weighted by Gasteiger charge is 2.36. The molecule has 3 rings (SSSR count). The van der Waals surface area contributed by atoms with Gasteiger partial charge in [0, 0.05) is 65.3 Å². The summed E-state index contributed by atoms with van der Waals surface area (Å²) < 4.78 is 13.1. The summed E-state index contributed by atoms with van der Waals surface area (Å²) in [6.07, 6.45) is 0.164. The van der Waals surface area contributed by atoms with Crippen LogP contribution in [0.3, 0.4) is 0 Å². The normalized spacial score (nSPS) is 19.2. The number of piperazine rings is 2. The summed E-state index contributed by atoms with van der Waals surface area (Å²) in [6.45, 7) is 10.6. The molecule has 2 aliphatic rings. The quantitative estimate of drug-likeness (QED) is 0.454. The predicted molar refractivity (Wildman–Crippen MR) is 132 cm³/mol. The molecule has 0 radical (unpaired) electrons. The molecule has 0 N–H and O–H groups in total. The van der Waals surface area contributed by atoms with Crippen molar-refractivity contribution in [3.05, 3.63) is 30.3 Å². The molecule has 1 aromatic carbocycles. The molecule has 2 aliphatic heterocycles. The second-order valence-corrected chi connectivity index (χ2v) is 9.97. The topological polar surface area (TPSA) is 65.6 Å². The smallest absolute Gasteiger partial charge is 0.410 e. The number of rotatable bonds is 6. The maximum absolute atomic E-state index is 12.8. The zero-order valence-corrected chi connectivity index (χ0v) is 21.3. The SMILES string of the molecule is CN(CCC(=O)N1CCN2CCN(C(=O)OC(C)(C)C)CC2C1)SOc1ccccc1.S. The van der Waals surface area contributed by atoms with E-state index in [-0.39, 0.29) is 31.5 Å². The van der Waals surface area contributed by atoms with Gasteiger partial charge in [-0.25, -0.2) is 9.10 Å². The van der Waals surface area contributed by atoms with Crippen LogP contribution in [0, 0.1) is 0 Å². The molecule has 8 nitrogen and oxygen atoms in total. The Morgan fingerprint density at radius 2 is 1.69 bits per heavy atom. The van der Waals surface area contributed by atoms with Crippen molar-refractivity contribution in [3.8, 4) is 5.75 Å². The lowest BCUT2D eigenvalue weighted by molar-refractivity contribution is -0.135. The minimum absolute atomic E-state index is 0. The lowest BCUT2D eigenvalue weighted by Gasteiger charge is -2.47. The van der Waals surface area contributed by atoms with Crippen LogP contribution in [0.15, 0.2) is 30.3 Å². The number of nitrogens with zero attached hydrogens (tertiary/aromatic N) is 4. The first kappa shape index (κ1) is 26.6. The Morgan fingerprint density at radius 3 is 2.34 bits per heavy atom. The van der Waals surface area contributed by atoms with Crippen LogP contribution in [0.5, 0.6) is 5.75 Å². The van der Waals surface area contributed by atoms with Gasteiger partial charge < -0.3 is 18.7 Å². The molecule has 2 fully saturated rings. The standard InChI is InChI=1S/C22H34N4O4S.H2S/c1-22(2,3)29-21(28)26-15-13-24-12-14-25(16-18(24)17-26)20(27)10-11-23(4)31-30-19-8-6-5-7-9-19;/h5-9,18H,10-17H2,1-4H3;1H2. The van der Waals surface area contributed by atoms with Crippen molar-refractivity contribution < 1.29 is 18.5 Å². The first-order chi connectivity index (χ1) is 14.7. The Morgan fingerprint density at radius 1 is 1.06 bits per heavy atom. The van der Waals surface area contributed by atoms with Crippen LogP contribution in [-0.2, 0) is 9.53 Å². The van der Waals surface area contributed by atoms with Crippen molar-refractivity contribution in [2.24, 2.45) is 0 Å². The molecule has 1 unspecified atom stereocenters. The van der Waals surface area contributed by atoms with E-state index >= 15 is 0 Å². The van der Waals surface area contributed by atoms with E-state index in [0.717, 1.165) is 25.4 Å². The zero-order valence-electron chi connectivity index (χ0n) is 19.5. The number of carbonyl (C=O) groups is 2. The van der Waals surface area contributed by atoms with Crippen molar-refractivity contribution in [1.29, 1.82) is 0 Å². The molecule has 0 spiro atoms.